The molecule has 0 atom stereocenters. The average molecular weight is 333 g/mol. The first-order valence-corrected chi connectivity index (χ1v) is 7.72. The summed E-state index contributed by atoms with van der Waals surface area (Å²) in [6.07, 6.45) is 1.01. The Labute approximate surface area is 140 Å². The molecule has 130 valence electrons. The van der Waals surface area contributed by atoms with Gasteiger partial charge >= 0.3 is 6.09 Å². The van der Waals surface area contributed by atoms with Gasteiger partial charge in [0.05, 0.1) is 11.3 Å². The molecule has 0 unspecified atom stereocenters. The zero-order chi connectivity index (χ0) is 17.9. The quantitative estimate of drug-likeness (QED) is 0.827. The SMILES string of the molecule is Cc1nn(C)c2ncc(C(=O)NCCNC(=O)OC(C)(C)C)cc12. The van der Waals surface area contributed by atoms with E-state index in [1.54, 1.807) is 31.5 Å². The number of amides is 2. The molecule has 2 N–H and O–H groups in total. The van der Waals surface area contributed by atoms with E-state index in [0.29, 0.717) is 12.1 Å². The van der Waals surface area contributed by atoms with Crippen LogP contribution in [0.4, 0.5) is 4.79 Å². The molecule has 2 aromatic rings. The number of carbonyl (C=O) groups excluding carboxylic acids is 2. The predicted molar refractivity (Wildman–Crippen MR) is 89.8 cm³/mol. The summed E-state index contributed by atoms with van der Waals surface area (Å²) in [6, 6.07) is 1.77. The van der Waals surface area contributed by atoms with Gasteiger partial charge in [-0.05, 0) is 33.8 Å². The number of rotatable bonds is 4. The van der Waals surface area contributed by atoms with E-state index in [9.17, 15) is 9.59 Å². The molecule has 0 aromatic carbocycles. The maximum absolute atomic E-state index is 12.2. The summed E-state index contributed by atoms with van der Waals surface area (Å²) < 4.78 is 6.79. The second-order valence-corrected chi connectivity index (χ2v) is 6.49. The number of hydrogen-bond donors (Lipinski definition) is 2. The predicted octanol–water partition coefficient (Wildman–Crippen LogP) is 1.53. The van der Waals surface area contributed by atoms with Crippen LogP contribution in [0.2, 0.25) is 0 Å². The number of alkyl carbamates (subject to hydrolysis) is 1. The first kappa shape index (κ1) is 17.7. The van der Waals surface area contributed by atoms with Crippen LogP contribution in [0.3, 0.4) is 0 Å². The molecular formula is C16H23N5O3. The Bertz CT molecular complexity index is 761. The van der Waals surface area contributed by atoms with E-state index in [0.717, 1.165) is 16.7 Å². The summed E-state index contributed by atoms with van der Waals surface area (Å²) in [7, 11) is 1.81. The van der Waals surface area contributed by atoms with E-state index in [2.05, 4.69) is 20.7 Å². The van der Waals surface area contributed by atoms with Crippen molar-refractivity contribution in [2.24, 2.45) is 7.05 Å². The number of aromatic nitrogens is 3. The monoisotopic (exact) mass is 333 g/mol. The van der Waals surface area contributed by atoms with E-state index < -0.39 is 11.7 Å². The van der Waals surface area contributed by atoms with Crippen LogP contribution in [0.25, 0.3) is 11.0 Å². The number of aryl methyl sites for hydroxylation is 2. The van der Waals surface area contributed by atoms with Crippen LogP contribution in [-0.4, -0.2) is 45.5 Å². The Morgan fingerprint density at radius 3 is 2.58 bits per heavy atom. The molecule has 0 saturated heterocycles. The first-order valence-electron chi connectivity index (χ1n) is 7.72. The van der Waals surface area contributed by atoms with E-state index in [-0.39, 0.29) is 12.5 Å². The highest BCUT2D eigenvalue weighted by Crippen LogP contribution is 2.16. The highest BCUT2D eigenvalue weighted by Gasteiger charge is 2.16. The highest BCUT2D eigenvalue weighted by molar-refractivity contribution is 5.97. The molecule has 0 saturated carbocycles. The molecule has 8 heteroatoms. The maximum Gasteiger partial charge on any atom is 0.407 e. The third-order valence-electron chi connectivity index (χ3n) is 3.20. The average Bonchev–Trinajstić information content (AvgIpc) is 2.76. The van der Waals surface area contributed by atoms with Gasteiger partial charge in [-0.3, -0.25) is 9.48 Å². The first-order chi connectivity index (χ1) is 11.2. The van der Waals surface area contributed by atoms with Crippen molar-refractivity contribution < 1.29 is 14.3 Å². The molecule has 0 spiro atoms. The lowest BCUT2D eigenvalue weighted by molar-refractivity contribution is 0.0526. The summed E-state index contributed by atoms with van der Waals surface area (Å²) >= 11 is 0. The minimum Gasteiger partial charge on any atom is -0.444 e. The zero-order valence-electron chi connectivity index (χ0n) is 14.6. The fraction of sp³-hybridized carbons (Fsp3) is 0.500. The van der Waals surface area contributed by atoms with Crippen LogP contribution in [-0.2, 0) is 11.8 Å². The summed E-state index contributed by atoms with van der Waals surface area (Å²) in [5.74, 6) is -0.251. The molecule has 0 aliphatic carbocycles. The Morgan fingerprint density at radius 2 is 1.92 bits per heavy atom. The van der Waals surface area contributed by atoms with Crippen molar-refractivity contribution in [3.63, 3.8) is 0 Å². The van der Waals surface area contributed by atoms with Crippen LogP contribution >= 0.6 is 0 Å². The fourth-order valence-electron chi connectivity index (χ4n) is 2.19. The van der Waals surface area contributed by atoms with E-state index in [1.807, 2.05) is 14.0 Å². The topological polar surface area (TPSA) is 98.1 Å². The molecule has 0 radical (unpaired) electrons. The molecule has 0 bridgehead atoms. The summed E-state index contributed by atoms with van der Waals surface area (Å²) in [5, 5.41) is 10.4. The van der Waals surface area contributed by atoms with Gasteiger partial charge in [0.1, 0.15) is 5.60 Å². The van der Waals surface area contributed by atoms with Gasteiger partial charge < -0.3 is 15.4 Å². The van der Waals surface area contributed by atoms with Crippen LogP contribution in [0.1, 0.15) is 36.8 Å². The van der Waals surface area contributed by atoms with Gasteiger partial charge in [-0.25, -0.2) is 9.78 Å². The van der Waals surface area contributed by atoms with Crippen LogP contribution in [0.5, 0.6) is 0 Å². The van der Waals surface area contributed by atoms with Gasteiger partial charge in [0, 0.05) is 31.7 Å². The van der Waals surface area contributed by atoms with E-state index in [4.69, 9.17) is 4.74 Å². The molecule has 8 nitrogen and oxygen atoms in total. The van der Waals surface area contributed by atoms with Crippen molar-refractivity contribution in [3.8, 4) is 0 Å². The number of nitrogens with one attached hydrogen (secondary N) is 2. The van der Waals surface area contributed by atoms with Gasteiger partial charge in [-0.1, -0.05) is 0 Å². The molecule has 0 aliphatic heterocycles. The number of fused-ring (bicyclic) bond motifs is 1. The fourth-order valence-corrected chi connectivity index (χ4v) is 2.19. The van der Waals surface area contributed by atoms with Crippen LogP contribution in [0, 0.1) is 6.92 Å². The molecule has 0 fully saturated rings. The van der Waals surface area contributed by atoms with Crippen molar-refractivity contribution in [2.45, 2.75) is 33.3 Å². The zero-order valence-corrected chi connectivity index (χ0v) is 14.6. The number of hydrogen-bond acceptors (Lipinski definition) is 5. The standard InChI is InChI=1S/C16H23N5O3/c1-10-12-8-11(9-19-13(12)21(5)20-10)14(22)17-6-7-18-15(23)24-16(2,3)4/h8-9H,6-7H2,1-5H3,(H,17,22)(H,18,23). The molecule has 0 aliphatic rings. The highest BCUT2D eigenvalue weighted by atomic mass is 16.6. The number of ether oxygens (including phenoxy) is 1. The lowest BCUT2D eigenvalue weighted by Gasteiger charge is -2.19. The van der Waals surface area contributed by atoms with E-state index >= 15 is 0 Å². The molecule has 24 heavy (non-hydrogen) atoms. The minimum atomic E-state index is -0.546. The van der Waals surface area contributed by atoms with Crippen molar-refractivity contribution in [1.29, 1.82) is 0 Å². The molecule has 2 aromatic heterocycles. The second kappa shape index (κ2) is 6.86. The van der Waals surface area contributed by atoms with Crippen LogP contribution < -0.4 is 10.6 Å². The van der Waals surface area contributed by atoms with Crippen molar-refractivity contribution >= 4 is 23.0 Å². The van der Waals surface area contributed by atoms with Gasteiger partial charge in [-0.2, -0.15) is 5.10 Å². The lowest BCUT2D eigenvalue weighted by Crippen LogP contribution is -2.37. The van der Waals surface area contributed by atoms with Crippen LogP contribution in [0.15, 0.2) is 12.3 Å². The summed E-state index contributed by atoms with van der Waals surface area (Å²) in [6.45, 7) is 7.81. The second-order valence-electron chi connectivity index (χ2n) is 6.49. The number of nitrogens with zero attached hydrogens (tertiary/aromatic N) is 3. The lowest BCUT2D eigenvalue weighted by atomic mass is 10.2. The third kappa shape index (κ3) is 4.43. The van der Waals surface area contributed by atoms with Crippen molar-refractivity contribution in [2.75, 3.05) is 13.1 Å². The number of carbonyl (C=O) groups is 2. The largest absolute Gasteiger partial charge is 0.444 e. The summed E-state index contributed by atoms with van der Waals surface area (Å²) in [5.41, 5.74) is 1.46. The number of pyridine rings is 1. The molecule has 2 rings (SSSR count). The van der Waals surface area contributed by atoms with Gasteiger partial charge in [0.2, 0.25) is 0 Å². The van der Waals surface area contributed by atoms with E-state index in [1.165, 1.54) is 6.20 Å². The van der Waals surface area contributed by atoms with Crippen molar-refractivity contribution in [1.82, 2.24) is 25.4 Å². The smallest absolute Gasteiger partial charge is 0.407 e. The minimum absolute atomic E-state index is 0.251. The van der Waals surface area contributed by atoms with Crippen molar-refractivity contribution in [3.05, 3.63) is 23.5 Å². The Hall–Kier alpha value is -2.64. The molecule has 2 heterocycles. The van der Waals surface area contributed by atoms with Gasteiger partial charge in [-0.15, -0.1) is 0 Å². The Balaban J connectivity index is 1.87. The Morgan fingerprint density at radius 1 is 1.25 bits per heavy atom. The maximum atomic E-state index is 12.2. The Kier molecular flexibility index (Phi) is 5.06. The molecule has 2 amide bonds. The normalized spacial score (nSPS) is 11.4. The van der Waals surface area contributed by atoms with Gasteiger partial charge in [0.25, 0.3) is 5.91 Å². The summed E-state index contributed by atoms with van der Waals surface area (Å²) in [4.78, 5) is 27.9. The molecular weight excluding hydrogens is 310 g/mol. The van der Waals surface area contributed by atoms with Gasteiger partial charge in [0.15, 0.2) is 5.65 Å². The third-order valence-corrected chi connectivity index (χ3v) is 3.20.